The van der Waals surface area contributed by atoms with Crippen LogP contribution in [0.2, 0.25) is 0 Å². The number of rotatable bonds is 6. The van der Waals surface area contributed by atoms with Crippen LogP contribution in [-0.4, -0.2) is 7.05 Å². The van der Waals surface area contributed by atoms with Crippen LogP contribution in [0.4, 0.5) is 0 Å². The van der Waals surface area contributed by atoms with E-state index in [1.807, 2.05) is 38.2 Å². The van der Waals surface area contributed by atoms with Crippen molar-refractivity contribution in [1.82, 2.24) is 5.32 Å². The van der Waals surface area contributed by atoms with Crippen molar-refractivity contribution < 1.29 is 4.74 Å². The van der Waals surface area contributed by atoms with E-state index in [0.29, 0.717) is 6.61 Å². The molecule has 1 N–H and O–H groups in total. The van der Waals surface area contributed by atoms with Gasteiger partial charge in [0, 0.05) is 22.1 Å². The van der Waals surface area contributed by atoms with E-state index >= 15 is 0 Å². The molecule has 0 aliphatic rings. The van der Waals surface area contributed by atoms with Crippen LogP contribution in [0.15, 0.2) is 53.0 Å². The monoisotopic (exact) mass is 345 g/mol. The van der Waals surface area contributed by atoms with Crippen LogP contribution in [0.25, 0.3) is 6.08 Å². The Kier molecular flexibility index (Phi) is 6.03. The second-order valence-electron chi connectivity index (χ2n) is 4.78. The summed E-state index contributed by atoms with van der Waals surface area (Å²) in [6, 6.07) is 14.4. The number of para-hydroxylation sites is 1. The van der Waals surface area contributed by atoms with Crippen LogP contribution >= 0.6 is 15.9 Å². The van der Waals surface area contributed by atoms with Crippen LogP contribution in [0.1, 0.15) is 23.6 Å². The third-order valence-electron chi connectivity index (χ3n) is 3.15. The van der Waals surface area contributed by atoms with Gasteiger partial charge in [0.2, 0.25) is 0 Å². The number of allylic oxidation sites excluding steroid dienone is 1. The van der Waals surface area contributed by atoms with Crippen molar-refractivity contribution in [2.24, 2.45) is 0 Å². The highest BCUT2D eigenvalue weighted by Gasteiger charge is 2.04. The first-order chi connectivity index (χ1) is 10.2. The lowest BCUT2D eigenvalue weighted by molar-refractivity contribution is 0.305. The van der Waals surface area contributed by atoms with E-state index in [4.69, 9.17) is 4.74 Å². The van der Waals surface area contributed by atoms with Gasteiger partial charge >= 0.3 is 0 Å². The highest BCUT2D eigenvalue weighted by atomic mass is 79.9. The van der Waals surface area contributed by atoms with Crippen molar-refractivity contribution in [1.29, 1.82) is 0 Å². The highest BCUT2D eigenvalue weighted by Crippen LogP contribution is 2.24. The zero-order valence-corrected chi connectivity index (χ0v) is 14.0. The number of ether oxygens (including phenoxy) is 1. The topological polar surface area (TPSA) is 21.3 Å². The average molecular weight is 346 g/mol. The zero-order chi connectivity index (χ0) is 15.1. The summed E-state index contributed by atoms with van der Waals surface area (Å²) >= 11 is 3.62. The van der Waals surface area contributed by atoms with Crippen LogP contribution in [0, 0.1) is 0 Å². The Morgan fingerprint density at radius 1 is 1.19 bits per heavy atom. The normalized spacial score (nSPS) is 11.0. The molecule has 2 rings (SSSR count). The van der Waals surface area contributed by atoms with Gasteiger partial charge in [-0.2, -0.15) is 0 Å². The van der Waals surface area contributed by atoms with Gasteiger partial charge in [-0.25, -0.2) is 0 Å². The largest absolute Gasteiger partial charge is 0.488 e. The lowest BCUT2D eigenvalue weighted by Gasteiger charge is -2.11. The summed E-state index contributed by atoms with van der Waals surface area (Å²) in [7, 11) is 1.95. The van der Waals surface area contributed by atoms with E-state index in [1.54, 1.807) is 0 Å². The minimum atomic E-state index is 0.551. The van der Waals surface area contributed by atoms with Crippen LogP contribution < -0.4 is 10.1 Å². The number of nitrogens with one attached hydrogen (secondary N) is 1. The van der Waals surface area contributed by atoms with Gasteiger partial charge in [-0.1, -0.05) is 58.4 Å². The standard InChI is InChI=1S/C18H20BrNO/c1-3-6-15-7-4-5-8-18(15)21-13-16-10-9-14(12-20-2)11-17(16)19/h3-11,20H,12-13H2,1-2H3/b6-3+. The van der Waals surface area contributed by atoms with E-state index in [2.05, 4.69) is 51.6 Å². The minimum absolute atomic E-state index is 0.551. The summed E-state index contributed by atoms with van der Waals surface area (Å²) in [5, 5.41) is 3.15. The summed E-state index contributed by atoms with van der Waals surface area (Å²) in [6.45, 7) is 3.42. The van der Waals surface area contributed by atoms with E-state index in [-0.39, 0.29) is 0 Å². The quantitative estimate of drug-likeness (QED) is 0.813. The summed E-state index contributed by atoms with van der Waals surface area (Å²) < 4.78 is 7.04. The maximum Gasteiger partial charge on any atom is 0.127 e. The summed E-state index contributed by atoms with van der Waals surface area (Å²) in [5.74, 6) is 0.904. The maximum atomic E-state index is 5.96. The molecule has 0 aromatic heterocycles. The van der Waals surface area contributed by atoms with Crippen LogP contribution in [0.3, 0.4) is 0 Å². The smallest absolute Gasteiger partial charge is 0.127 e. The molecule has 0 unspecified atom stereocenters. The van der Waals surface area contributed by atoms with Crippen molar-refractivity contribution in [2.45, 2.75) is 20.1 Å². The molecular formula is C18H20BrNO. The van der Waals surface area contributed by atoms with E-state index < -0.39 is 0 Å². The van der Waals surface area contributed by atoms with Crippen molar-refractivity contribution in [3.05, 3.63) is 69.7 Å². The molecule has 0 heterocycles. The fourth-order valence-electron chi connectivity index (χ4n) is 2.11. The van der Waals surface area contributed by atoms with Gasteiger partial charge in [-0.3, -0.25) is 0 Å². The minimum Gasteiger partial charge on any atom is -0.488 e. The molecule has 0 aliphatic carbocycles. The molecule has 0 atom stereocenters. The van der Waals surface area contributed by atoms with Gasteiger partial charge in [0.1, 0.15) is 12.4 Å². The summed E-state index contributed by atoms with van der Waals surface area (Å²) in [4.78, 5) is 0. The van der Waals surface area contributed by atoms with Crippen molar-refractivity contribution >= 4 is 22.0 Å². The molecule has 2 nitrogen and oxygen atoms in total. The molecule has 0 aliphatic heterocycles. The molecule has 0 saturated carbocycles. The number of hydrogen-bond donors (Lipinski definition) is 1. The SMILES string of the molecule is C/C=C/c1ccccc1OCc1ccc(CNC)cc1Br. The molecule has 2 aromatic carbocycles. The third-order valence-corrected chi connectivity index (χ3v) is 3.88. The predicted molar refractivity (Wildman–Crippen MR) is 92.4 cm³/mol. The second kappa shape index (κ2) is 8.01. The predicted octanol–water partition coefficient (Wildman–Crippen LogP) is 4.78. The van der Waals surface area contributed by atoms with Gasteiger partial charge < -0.3 is 10.1 Å². The molecule has 0 radical (unpaired) electrons. The lowest BCUT2D eigenvalue weighted by Crippen LogP contribution is -2.05. The Balaban J connectivity index is 2.10. The molecule has 0 spiro atoms. The lowest BCUT2D eigenvalue weighted by atomic mass is 10.1. The molecule has 110 valence electrons. The van der Waals surface area contributed by atoms with Gasteiger partial charge in [0.15, 0.2) is 0 Å². The molecule has 0 bridgehead atoms. The van der Waals surface area contributed by atoms with Gasteiger partial charge in [-0.15, -0.1) is 0 Å². The molecule has 21 heavy (non-hydrogen) atoms. The Labute approximate surface area is 135 Å². The fourth-order valence-corrected chi connectivity index (χ4v) is 2.65. The number of benzene rings is 2. The zero-order valence-electron chi connectivity index (χ0n) is 12.4. The van der Waals surface area contributed by atoms with Crippen LogP contribution in [0.5, 0.6) is 5.75 Å². The number of halogens is 1. The molecule has 0 amide bonds. The van der Waals surface area contributed by atoms with Gasteiger partial charge in [0.05, 0.1) is 0 Å². The van der Waals surface area contributed by atoms with Crippen molar-refractivity contribution in [3.63, 3.8) is 0 Å². The first-order valence-corrected chi connectivity index (χ1v) is 7.80. The molecule has 3 heteroatoms. The molecule has 0 saturated heterocycles. The van der Waals surface area contributed by atoms with Crippen LogP contribution in [-0.2, 0) is 13.2 Å². The maximum absolute atomic E-state index is 5.96. The average Bonchev–Trinajstić information content (AvgIpc) is 2.48. The Hall–Kier alpha value is -1.58. The number of hydrogen-bond acceptors (Lipinski definition) is 2. The Bertz CT molecular complexity index is 622. The first-order valence-electron chi connectivity index (χ1n) is 7.01. The van der Waals surface area contributed by atoms with Gasteiger partial charge in [-0.05, 0) is 31.7 Å². The summed E-state index contributed by atoms with van der Waals surface area (Å²) in [5.41, 5.74) is 3.50. The van der Waals surface area contributed by atoms with Gasteiger partial charge in [0.25, 0.3) is 0 Å². The van der Waals surface area contributed by atoms with E-state index in [0.717, 1.165) is 27.9 Å². The Morgan fingerprint density at radius 2 is 2.00 bits per heavy atom. The first kappa shape index (κ1) is 15.8. The molecule has 0 fully saturated rings. The summed E-state index contributed by atoms with van der Waals surface area (Å²) in [6.07, 6.45) is 4.07. The van der Waals surface area contributed by atoms with E-state index in [1.165, 1.54) is 5.56 Å². The molecule has 2 aromatic rings. The van der Waals surface area contributed by atoms with Crippen molar-refractivity contribution in [2.75, 3.05) is 7.05 Å². The second-order valence-corrected chi connectivity index (χ2v) is 5.64. The fraction of sp³-hybridized carbons (Fsp3) is 0.222. The molecular weight excluding hydrogens is 326 g/mol. The van der Waals surface area contributed by atoms with Crippen molar-refractivity contribution in [3.8, 4) is 5.75 Å². The Morgan fingerprint density at radius 3 is 2.71 bits per heavy atom. The third kappa shape index (κ3) is 4.45. The highest BCUT2D eigenvalue weighted by molar-refractivity contribution is 9.10. The van der Waals surface area contributed by atoms with E-state index in [9.17, 15) is 0 Å².